The zero-order valence-electron chi connectivity index (χ0n) is 5.67. The molecule has 1 N–H and O–H groups in total. The summed E-state index contributed by atoms with van der Waals surface area (Å²) in [4.78, 5) is 11.2. The third-order valence-electron chi connectivity index (χ3n) is 1.62. The van der Waals surface area contributed by atoms with E-state index in [1.807, 2.05) is 0 Å². The van der Waals surface area contributed by atoms with Gasteiger partial charge in [-0.25, -0.2) is 0 Å². The van der Waals surface area contributed by atoms with Gasteiger partial charge in [-0.1, -0.05) is 0 Å². The minimum Gasteiger partial charge on any atom is -0.349 e. The number of nitrogens with one attached hydrogen (secondary N) is 1. The predicted molar refractivity (Wildman–Crippen MR) is 42.3 cm³/mol. The lowest BCUT2D eigenvalue weighted by Crippen LogP contribution is -2.35. The molecule has 5 heteroatoms. The van der Waals surface area contributed by atoms with Gasteiger partial charge in [-0.15, -0.1) is 0 Å². The summed E-state index contributed by atoms with van der Waals surface area (Å²) in [5, 5.41) is 6.75. The largest absolute Gasteiger partial charge is 0.349 e. The van der Waals surface area contributed by atoms with Gasteiger partial charge in [0.1, 0.15) is 5.69 Å². The molecule has 0 saturated heterocycles. The molecule has 4 nitrogen and oxygen atoms in total. The summed E-state index contributed by atoms with van der Waals surface area (Å²) in [7, 11) is 0. The van der Waals surface area contributed by atoms with E-state index in [1.165, 1.54) is 0 Å². The third kappa shape index (κ3) is 0.956. The average molecular weight is 216 g/mol. The van der Waals surface area contributed by atoms with E-state index in [2.05, 4.69) is 26.3 Å². The molecule has 2 heterocycles. The number of amides is 1. The van der Waals surface area contributed by atoms with E-state index in [4.69, 9.17) is 0 Å². The lowest BCUT2D eigenvalue weighted by atomic mass is 10.3. The first-order valence-electron chi connectivity index (χ1n) is 3.28. The SMILES string of the molecule is O=C1NCCn2ncc(Br)c21. The molecule has 2 rings (SSSR count). The van der Waals surface area contributed by atoms with Crippen LogP contribution in [0.25, 0.3) is 0 Å². The Balaban J connectivity index is 2.56. The fraction of sp³-hybridized carbons (Fsp3) is 0.333. The van der Waals surface area contributed by atoms with Crippen LogP contribution in [0.3, 0.4) is 0 Å². The number of fused-ring (bicyclic) bond motifs is 1. The van der Waals surface area contributed by atoms with Gasteiger partial charge in [0.05, 0.1) is 17.2 Å². The monoisotopic (exact) mass is 215 g/mol. The van der Waals surface area contributed by atoms with Crippen molar-refractivity contribution in [3.8, 4) is 0 Å². The molecule has 0 bridgehead atoms. The Morgan fingerprint density at radius 2 is 2.55 bits per heavy atom. The summed E-state index contributed by atoms with van der Waals surface area (Å²) in [6, 6.07) is 0. The van der Waals surface area contributed by atoms with Crippen LogP contribution in [-0.4, -0.2) is 22.2 Å². The third-order valence-corrected chi connectivity index (χ3v) is 2.20. The van der Waals surface area contributed by atoms with Gasteiger partial charge < -0.3 is 5.32 Å². The molecule has 58 valence electrons. The van der Waals surface area contributed by atoms with Gasteiger partial charge in [-0.05, 0) is 15.9 Å². The highest BCUT2D eigenvalue weighted by Gasteiger charge is 2.20. The number of rotatable bonds is 0. The second-order valence-electron chi connectivity index (χ2n) is 2.32. The van der Waals surface area contributed by atoms with Crippen LogP contribution < -0.4 is 5.32 Å². The Labute approximate surface area is 71.7 Å². The standard InChI is InChI=1S/C6H6BrN3O/c7-4-3-9-10-2-1-8-6(11)5(4)10/h3H,1-2H2,(H,8,11). The lowest BCUT2D eigenvalue weighted by Gasteiger charge is -2.13. The molecule has 1 aromatic rings. The molecular weight excluding hydrogens is 210 g/mol. The number of nitrogens with zero attached hydrogens (tertiary/aromatic N) is 2. The molecule has 0 aromatic carbocycles. The molecule has 1 aliphatic heterocycles. The van der Waals surface area contributed by atoms with E-state index in [0.29, 0.717) is 12.2 Å². The van der Waals surface area contributed by atoms with Crippen LogP contribution in [0.4, 0.5) is 0 Å². The Morgan fingerprint density at radius 1 is 1.73 bits per heavy atom. The average Bonchev–Trinajstić information content (AvgIpc) is 2.34. The number of aromatic nitrogens is 2. The molecule has 1 amide bonds. The lowest BCUT2D eigenvalue weighted by molar-refractivity contribution is 0.0923. The second-order valence-corrected chi connectivity index (χ2v) is 3.17. The Morgan fingerprint density at radius 3 is 3.27 bits per heavy atom. The normalized spacial score (nSPS) is 15.9. The van der Waals surface area contributed by atoms with Gasteiger partial charge in [-0.3, -0.25) is 9.48 Å². The molecule has 0 saturated carbocycles. The maximum Gasteiger partial charge on any atom is 0.270 e. The quantitative estimate of drug-likeness (QED) is 0.681. The Kier molecular flexibility index (Phi) is 1.45. The number of carbonyl (C=O) groups excluding carboxylic acids is 1. The van der Waals surface area contributed by atoms with Crippen molar-refractivity contribution in [2.45, 2.75) is 6.54 Å². The summed E-state index contributed by atoms with van der Waals surface area (Å²) in [5.74, 6) is -0.0550. The van der Waals surface area contributed by atoms with Crippen LogP contribution in [0.1, 0.15) is 10.5 Å². The smallest absolute Gasteiger partial charge is 0.270 e. The zero-order valence-corrected chi connectivity index (χ0v) is 7.26. The van der Waals surface area contributed by atoms with Crippen molar-refractivity contribution in [3.05, 3.63) is 16.4 Å². The van der Waals surface area contributed by atoms with Crippen molar-refractivity contribution in [3.63, 3.8) is 0 Å². The van der Waals surface area contributed by atoms with Gasteiger partial charge >= 0.3 is 0 Å². The van der Waals surface area contributed by atoms with Crippen molar-refractivity contribution in [2.24, 2.45) is 0 Å². The van der Waals surface area contributed by atoms with Crippen molar-refractivity contribution >= 4 is 21.8 Å². The molecular formula is C6H6BrN3O. The zero-order chi connectivity index (χ0) is 7.84. The second kappa shape index (κ2) is 2.34. The van der Waals surface area contributed by atoms with Crippen molar-refractivity contribution < 1.29 is 4.79 Å². The highest BCUT2D eigenvalue weighted by atomic mass is 79.9. The van der Waals surface area contributed by atoms with Crippen LogP contribution in [-0.2, 0) is 6.54 Å². The summed E-state index contributed by atoms with van der Waals surface area (Å²) in [6.45, 7) is 1.42. The summed E-state index contributed by atoms with van der Waals surface area (Å²) in [5.41, 5.74) is 0.622. The maximum absolute atomic E-state index is 11.2. The Bertz CT molecular complexity index is 307. The molecule has 0 aliphatic carbocycles. The topological polar surface area (TPSA) is 46.9 Å². The van der Waals surface area contributed by atoms with E-state index in [-0.39, 0.29) is 5.91 Å². The number of carbonyl (C=O) groups is 1. The number of hydrogen-bond acceptors (Lipinski definition) is 2. The van der Waals surface area contributed by atoms with Crippen LogP contribution in [0, 0.1) is 0 Å². The van der Waals surface area contributed by atoms with E-state index in [9.17, 15) is 4.79 Å². The van der Waals surface area contributed by atoms with Crippen LogP contribution in [0.2, 0.25) is 0 Å². The molecule has 0 radical (unpaired) electrons. The van der Waals surface area contributed by atoms with Gasteiger partial charge in [-0.2, -0.15) is 5.10 Å². The van der Waals surface area contributed by atoms with Crippen molar-refractivity contribution in [2.75, 3.05) is 6.54 Å². The van der Waals surface area contributed by atoms with Crippen molar-refractivity contribution in [1.29, 1.82) is 0 Å². The van der Waals surface area contributed by atoms with Crippen LogP contribution in [0.15, 0.2) is 10.7 Å². The maximum atomic E-state index is 11.2. The fourth-order valence-corrected chi connectivity index (χ4v) is 1.59. The van der Waals surface area contributed by atoms with E-state index < -0.39 is 0 Å². The summed E-state index contributed by atoms with van der Waals surface area (Å²) >= 11 is 3.25. The van der Waals surface area contributed by atoms with Gasteiger partial charge in [0.25, 0.3) is 5.91 Å². The molecule has 1 aromatic heterocycles. The summed E-state index contributed by atoms with van der Waals surface area (Å²) in [6.07, 6.45) is 1.64. The van der Waals surface area contributed by atoms with E-state index >= 15 is 0 Å². The van der Waals surface area contributed by atoms with Gasteiger partial charge in [0, 0.05) is 6.54 Å². The first kappa shape index (κ1) is 6.84. The molecule has 0 unspecified atom stereocenters. The molecule has 0 fully saturated rings. The number of hydrogen-bond donors (Lipinski definition) is 1. The molecule has 0 atom stereocenters. The molecule has 0 spiro atoms. The molecule has 11 heavy (non-hydrogen) atoms. The van der Waals surface area contributed by atoms with Crippen LogP contribution >= 0.6 is 15.9 Å². The van der Waals surface area contributed by atoms with E-state index in [1.54, 1.807) is 10.9 Å². The minimum atomic E-state index is -0.0550. The summed E-state index contributed by atoms with van der Waals surface area (Å²) < 4.78 is 2.46. The van der Waals surface area contributed by atoms with E-state index in [0.717, 1.165) is 11.0 Å². The Hall–Kier alpha value is -0.840. The number of halogens is 1. The predicted octanol–water partition coefficient (Wildman–Crippen LogP) is 0.389. The van der Waals surface area contributed by atoms with Crippen molar-refractivity contribution in [1.82, 2.24) is 15.1 Å². The van der Waals surface area contributed by atoms with Gasteiger partial charge in [0.2, 0.25) is 0 Å². The highest BCUT2D eigenvalue weighted by Crippen LogP contribution is 2.17. The van der Waals surface area contributed by atoms with Gasteiger partial charge in [0.15, 0.2) is 0 Å². The highest BCUT2D eigenvalue weighted by molar-refractivity contribution is 9.10. The first-order chi connectivity index (χ1) is 5.29. The molecule has 1 aliphatic rings. The fourth-order valence-electron chi connectivity index (χ4n) is 1.12. The minimum absolute atomic E-state index is 0.0550. The first-order valence-corrected chi connectivity index (χ1v) is 4.08. The van der Waals surface area contributed by atoms with Crippen LogP contribution in [0.5, 0.6) is 0 Å².